The molecule has 4 aliphatic carbocycles. The number of nitrogens with zero attached hydrogens (tertiary/aromatic N) is 1. The average molecular weight is 483 g/mol. The quantitative estimate of drug-likeness (QED) is 0.527. The number of hydrogen-bond donors (Lipinski definition) is 3. The molecule has 194 valence electrons. The van der Waals surface area contributed by atoms with E-state index in [-0.39, 0.29) is 28.9 Å². The zero-order valence-corrected chi connectivity index (χ0v) is 22.0. The van der Waals surface area contributed by atoms with Gasteiger partial charge < -0.3 is 15.5 Å². The molecule has 3 N–H and O–H groups in total. The number of hydrogen-bond acceptors (Lipinski definition) is 4. The maximum absolute atomic E-state index is 12.5. The molecule has 4 fully saturated rings. The molecule has 0 spiro atoms. The second-order valence-corrected chi connectivity index (χ2v) is 13.1. The summed E-state index contributed by atoms with van der Waals surface area (Å²) in [7, 11) is 0. The van der Waals surface area contributed by atoms with Crippen LogP contribution in [0.5, 0.6) is 0 Å². The predicted molar refractivity (Wildman–Crippen MR) is 137 cm³/mol. The number of aliphatic hydroxyl groups excluding tert-OH is 2. The van der Waals surface area contributed by atoms with Crippen LogP contribution in [0, 0.1) is 46.3 Å². The molecular formula is C30H46N2O3. The third kappa shape index (κ3) is 4.56. The Labute approximate surface area is 211 Å². The Kier molecular flexibility index (Phi) is 7.04. The van der Waals surface area contributed by atoms with Crippen LogP contribution in [0.3, 0.4) is 0 Å². The fraction of sp³-hybridized carbons (Fsp3) is 0.800. The van der Waals surface area contributed by atoms with Gasteiger partial charge in [-0.25, -0.2) is 0 Å². The van der Waals surface area contributed by atoms with Gasteiger partial charge in [-0.1, -0.05) is 26.8 Å². The smallest absolute Gasteiger partial charge is 0.220 e. The zero-order chi connectivity index (χ0) is 24.8. The molecule has 4 saturated carbocycles. The summed E-state index contributed by atoms with van der Waals surface area (Å²) in [6, 6.07) is 5.78. The van der Waals surface area contributed by atoms with Crippen LogP contribution in [0.1, 0.15) is 90.7 Å². The first kappa shape index (κ1) is 25.2. The number of carbonyl (C=O) groups is 1. The van der Waals surface area contributed by atoms with Gasteiger partial charge in [-0.15, -0.1) is 0 Å². The lowest BCUT2D eigenvalue weighted by Gasteiger charge is -2.62. The highest BCUT2D eigenvalue weighted by Gasteiger charge is 2.62. The first-order valence-corrected chi connectivity index (χ1v) is 14.2. The van der Waals surface area contributed by atoms with Crippen molar-refractivity contribution in [3.05, 3.63) is 30.1 Å². The third-order valence-corrected chi connectivity index (χ3v) is 11.4. The highest BCUT2D eigenvalue weighted by molar-refractivity contribution is 5.75. The van der Waals surface area contributed by atoms with Crippen molar-refractivity contribution in [2.24, 2.45) is 46.3 Å². The van der Waals surface area contributed by atoms with Crippen LogP contribution in [0.25, 0.3) is 0 Å². The lowest BCUT2D eigenvalue weighted by atomic mass is 9.43. The molecule has 1 heterocycles. The molecule has 1 amide bonds. The Bertz CT molecular complexity index is 893. The van der Waals surface area contributed by atoms with Crippen molar-refractivity contribution in [2.75, 3.05) is 0 Å². The standard InChI is InChI=1S/C30H46N2O3/c1-19(7-10-27(35)32-18-21-6-4-5-15-31-21)23-8-9-24-28-25(12-14-30(23,24)3)29(2)13-11-22(33)16-20(29)17-26(28)34/h4-6,15,19-20,22-26,28,33-34H,7-14,16-18H2,1-3H3,(H,32,35). The minimum Gasteiger partial charge on any atom is -0.393 e. The summed E-state index contributed by atoms with van der Waals surface area (Å²) in [6.07, 6.45) is 11.6. The normalized spacial score (nSPS) is 43.5. The van der Waals surface area contributed by atoms with Crippen molar-refractivity contribution < 1.29 is 15.0 Å². The highest BCUT2D eigenvalue weighted by Crippen LogP contribution is 2.68. The van der Waals surface area contributed by atoms with Crippen molar-refractivity contribution in [3.63, 3.8) is 0 Å². The molecule has 35 heavy (non-hydrogen) atoms. The first-order valence-electron chi connectivity index (χ1n) is 14.2. The maximum atomic E-state index is 12.5. The number of aromatic nitrogens is 1. The van der Waals surface area contributed by atoms with Gasteiger partial charge in [0.15, 0.2) is 0 Å². The molecule has 1 aromatic heterocycles. The van der Waals surface area contributed by atoms with E-state index < -0.39 is 0 Å². The lowest BCUT2D eigenvalue weighted by molar-refractivity contribution is -0.174. The summed E-state index contributed by atoms with van der Waals surface area (Å²) in [4.78, 5) is 16.8. The van der Waals surface area contributed by atoms with E-state index in [0.717, 1.165) is 37.8 Å². The summed E-state index contributed by atoms with van der Waals surface area (Å²) in [6.45, 7) is 7.84. The van der Waals surface area contributed by atoms with Crippen molar-refractivity contribution in [3.8, 4) is 0 Å². The first-order chi connectivity index (χ1) is 16.7. The minimum absolute atomic E-state index is 0.118. The van der Waals surface area contributed by atoms with Crippen molar-refractivity contribution in [2.45, 2.75) is 104 Å². The van der Waals surface area contributed by atoms with Gasteiger partial charge in [0.2, 0.25) is 5.91 Å². The van der Waals surface area contributed by atoms with E-state index >= 15 is 0 Å². The van der Waals surface area contributed by atoms with E-state index in [1.54, 1.807) is 6.20 Å². The second kappa shape index (κ2) is 9.78. The number of aliphatic hydroxyl groups is 2. The van der Waals surface area contributed by atoms with E-state index in [1.807, 2.05) is 18.2 Å². The molecule has 5 nitrogen and oxygen atoms in total. The molecule has 0 bridgehead atoms. The van der Waals surface area contributed by atoms with Gasteiger partial charge in [-0.2, -0.15) is 0 Å². The number of nitrogens with one attached hydrogen (secondary N) is 1. The largest absolute Gasteiger partial charge is 0.393 e. The Morgan fingerprint density at radius 2 is 1.86 bits per heavy atom. The highest BCUT2D eigenvalue weighted by atomic mass is 16.3. The van der Waals surface area contributed by atoms with Crippen LogP contribution in [0.15, 0.2) is 24.4 Å². The van der Waals surface area contributed by atoms with Crippen molar-refractivity contribution >= 4 is 5.91 Å². The fourth-order valence-electron chi connectivity index (χ4n) is 9.52. The van der Waals surface area contributed by atoms with Crippen molar-refractivity contribution in [1.82, 2.24) is 10.3 Å². The van der Waals surface area contributed by atoms with E-state index in [9.17, 15) is 15.0 Å². The number of rotatable bonds is 6. The Morgan fingerprint density at radius 3 is 2.63 bits per heavy atom. The van der Waals surface area contributed by atoms with E-state index in [1.165, 1.54) is 25.7 Å². The minimum atomic E-state index is -0.223. The van der Waals surface area contributed by atoms with Crippen LogP contribution in [0.4, 0.5) is 0 Å². The number of pyridine rings is 1. The summed E-state index contributed by atoms with van der Waals surface area (Å²) in [5.41, 5.74) is 1.44. The summed E-state index contributed by atoms with van der Waals surface area (Å²) in [5, 5.41) is 24.8. The molecular weight excluding hydrogens is 436 g/mol. The second-order valence-electron chi connectivity index (χ2n) is 13.1. The van der Waals surface area contributed by atoms with Gasteiger partial charge >= 0.3 is 0 Å². The number of amides is 1. The average Bonchev–Trinajstić information content (AvgIpc) is 3.20. The van der Waals surface area contributed by atoms with Crippen LogP contribution < -0.4 is 5.32 Å². The van der Waals surface area contributed by atoms with Crippen molar-refractivity contribution in [1.29, 1.82) is 0 Å². The van der Waals surface area contributed by atoms with Crippen LogP contribution in [0.2, 0.25) is 0 Å². The molecule has 10 atom stereocenters. The topological polar surface area (TPSA) is 82.5 Å². The van der Waals surface area contributed by atoms with Gasteiger partial charge in [0.1, 0.15) is 0 Å². The van der Waals surface area contributed by atoms with Gasteiger partial charge in [-0.3, -0.25) is 9.78 Å². The number of carbonyl (C=O) groups excluding carboxylic acids is 1. The monoisotopic (exact) mass is 482 g/mol. The summed E-state index contributed by atoms with van der Waals surface area (Å²) < 4.78 is 0. The molecule has 0 saturated heterocycles. The van der Waals surface area contributed by atoms with Crippen LogP contribution in [-0.4, -0.2) is 33.3 Å². The number of fused-ring (bicyclic) bond motifs is 5. The van der Waals surface area contributed by atoms with E-state index in [0.29, 0.717) is 48.5 Å². The SMILES string of the molecule is CC(CCC(=O)NCc1ccccn1)C1CCC2C3C(O)CC4CC(O)CCC4(C)C3CCC12C. The third-order valence-electron chi connectivity index (χ3n) is 11.4. The predicted octanol–water partition coefficient (Wildman–Crippen LogP) is 5.10. The molecule has 0 radical (unpaired) electrons. The van der Waals surface area contributed by atoms with Gasteiger partial charge in [-0.05, 0) is 116 Å². The zero-order valence-electron chi connectivity index (χ0n) is 22.0. The van der Waals surface area contributed by atoms with E-state index in [2.05, 4.69) is 31.1 Å². The molecule has 5 rings (SSSR count). The Morgan fingerprint density at radius 1 is 1.09 bits per heavy atom. The Hall–Kier alpha value is -1.46. The fourth-order valence-corrected chi connectivity index (χ4v) is 9.52. The Balaban J connectivity index is 1.21. The molecule has 4 aliphatic rings. The maximum Gasteiger partial charge on any atom is 0.220 e. The molecule has 5 heteroatoms. The van der Waals surface area contributed by atoms with Crippen LogP contribution >= 0.6 is 0 Å². The summed E-state index contributed by atoms with van der Waals surface area (Å²) in [5.74, 6) is 3.31. The van der Waals surface area contributed by atoms with Gasteiger partial charge in [0.25, 0.3) is 0 Å². The van der Waals surface area contributed by atoms with Gasteiger partial charge in [0.05, 0.1) is 24.4 Å². The lowest BCUT2D eigenvalue weighted by Crippen LogP contribution is -2.58. The molecule has 0 aliphatic heterocycles. The molecule has 10 unspecified atom stereocenters. The summed E-state index contributed by atoms with van der Waals surface area (Å²) >= 11 is 0. The van der Waals surface area contributed by atoms with E-state index in [4.69, 9.17) is 0 Å². The van der Waals surface area contributed by atoms with Crippen LogP contribution in [-0.2, 0) is 11.3 Å². The van der Waals surface area contributed by atoms with Gasteiger partial charge in [0, 0.05) is 12.6 Å². The molecule has 0 aromatic carbocycles. The molecule has 1 aromatic rings.